The number of hydrogen-bond donors (Lipinski definition) is 0. The van der Waals surface area contributed by atoms with Gasteiger partial charge in [-0.1, -0.05) is 208 Å². The summed E-state index contributed by atoms with van der Waals surface area (Å²) in [6.07, 6.45) is 0. The predicted molar refractivity (Wildman–Crippen MR) is 255 cm³/mol. The molecular weight excluding hydrogens is 723 g/mol. The summed E-state index contributed by atoms with van der Waals surface area (Å²) >= 11 is 0. The van der Waals surface area contributed by atoms with Gasteiger partial charge in [0.1, 0.15) is 0 Å². The first-order valence-corrected chi connectivity index (χ1v) is 20.9. The molecule has 1 aliphatic carbocycles. The first-order valence-electron chi connectivity index (χ1n) is 20.9. The molecule has 0 amide bonds. The van der Waals surface area contributed by atoms with Crippen LogP contribution in [0.5, 0.6) is 0 Å². The van der Waals surface area contributed by atoms with Crippen molar-refractivity contribution in [2.24, 2.45) is 0 Å². The number of rotatable bonds is 7. The quantitative estimate of drug-likeness (QED) is 0.146. The Balaban J connectivity index is 1.11. The van der Waals surface area contributed by atoms with E-state index in [4.69, 9.17) is 0 Å². The van der Waals surface area contributed by atoms with Crippen LogP contribution in [0.1, 0.15) is 25.0 Å². The zero-order chi connectivity index (χ0) is 40.2. The lowest BCUT2D eigenvalue weighted by Crippen LogP contribution is -2.15. The molecule has 0 heterocycles. The van der Waals surface area contributed by atoms with Crippen molar-refractivity contribution in [3.05, 3.63) is 236 Å². The Morgan fingerprint density at radius 3 is 1.58 bits per heavy atom. The fourth-order valence-electron chi connectivity index (χ4n) is 9.75. The predicted octanol–water partition coefficient (Wildman–Crippen LogP) is 16.4. The first kappa shape index (κ1) is 35.7. The van der Waals surface area contributed by atoms with Crippen LogP contribution in [0, 0.1) is 0 Å². The van der Waals surface area contributed by atoms with Gasteiger partial charge < -0.3 is 4.90 Å². The molecule has 0 unspecified atom stereocenters. The third-order valence-electron chi connectivity index (χ3n) is 12.7. The molecule has 10 aromatic carbocycles. The monoisotopic (exact) mass is 765 g/mol. The number of hydrogen-bond acceptors (Lipinski definition) is 1. The van der Waals surface area contributed by atoms with E-state index in [1.807, 2.05) is 0 Å². The van der Waals surface area contributed by atoms with E-state index in [1.54, 1.807) is 0 Å². The highest BCUT2D eigenvalue weighted by Crippen LogP contribution is 2.54. The molecule has 1 aliphatic rings. The highest BCUT2D eigenvalue weighted by Gasteiger charge is 2.37. The number of para-hydroxylation sites is 2. The van der Waals surface area contributed by atoms with E-state index in [1.165, 1.54) is 88.3 Å². The lowest BCUT2D eigenvalue weighted by atomic mass is 9.82. The van der Waals surface area contributed by atoms with Crippen LogP contribution in [-0.4, -0.2) is 0 Å². The normalized spacial score (nSPS) is 12.6. The Hall–Kier alpha value is -7.48. The van der Waals surface area contributed by atoms with Gasteiger partial charge >= 0.3 is 0 Å². The zero-order valence-corrected chi connectivity index (χ0v) is 33.8. The molecule has 1 nitrogen and oxygen atoms in total. The summed E-state index contributed by atoms with van der Waals surface area (Å²) in [6.45, 7) is 4.72. The molecule has 0 N–H and O–H groups in total. The van der Waals surface area contributed by atoms with Crippen LogP contribution in [0.4, 0.5) is 17.1 Å². The zero-order valence-electron chi connectivity index (χ0n) is 33.8. The van der Waals surface area contributed by atoms with Crippen LogP contribution in [-0.2, 0) is 5.41 Å². The van der Waals surface area contributed by atoms with E-state index in [9.17, 15) is 0 Å². The van der Waals surface area contributed by atoms with Gasteiger partial charge in [-0.25, -0.2) is 0 Å². The van der Waals surface area contributed by atoms with Crippen LogP contribution in [0.15, 0.2) is 224 Å². The lowest BCUT2D eigenvalue weighted by Gasteiger charge is -2.30. The second-order valence-electron chi connectivity index (χ2n) is 16.4. The van der Waals surface area contributed by atoms with Crippen LogP contribution in [0.25, 0.3) is 77.2 Å². The Labute approximate surface area is 352 Å². The van der Waals surface area contributed by atoms with Gasteiger partial charge in [-0.3, -0.25) is 0 Å². The molecule has 0 radical (unpaired) electrons. The van der Waals surface area contributed by atoms with Crippen molar-refractivity contribution in [1.82, 2.24) is 0 Å². The van der Waals surface area contributed by atoms with Crippen LogP contribution in [0.3, 0.4) is 0 Å². The Morgan fingerprint density at radius 1 is 0.317 bits per heavy atom. The third kappa shape index (κ3) is 5.85. The molecule has 0 saturated heterocycles. The van der Waals surface area contributed by atoms with E-state index in [0.717, 1.165) is 17.1 Å². The molecule has 0 fully saturated rings. The standard InChI is InChI=1S/C59H43N/c1-59(2)54-27-13-10-25-52(54)58-51(26-16-28-55(58)59)50-24-12-15-30-57(50)60(56-29-14-11-21-47(56)42-33-31-41(32-34-42)40-17-4-3-5-18-40)45-37-35-43(36-38-45)53-39-44-19-6-7-20-46(44)48-22-8-9-23-49(48)53/h3-39H,1-2H3. The van der Waals surface area contributed by atoms with Crippen molar-refractivity contribution in [3.8, 4) is 55.6 Å². The van der Waals surface area contributed by atoms with Crippen LogP contribution < -0.4 is 4.90 Å². The number of fused-ring (bicyclic) bond motifs is 6. The Bertz CT molecular complexity index is 3210. The molecule has 0 saturated carbocycles. The summed E-state index contributed by atoms with van der Waals surface area (Å²) in [6, 6.07) is 82.4. The van der Waals surface area contributed by atoms with E-state index >= 15 is 0 Å². The maximum Gasteiger partial charge on any atom is 0.0540 e. The minimum atomic E-state index is -0.0994. The minimum absolute atomic E-state index is 0.0994. The average molecular weight is 766 g/mol. The molecule has 1 heteroatoms. The highest BCUT2D eigenvalue weighted by molar-refractivity contribution is 6.14. The van der Waals surface area contributed by atoms with Gasteiger partial charge in [0.15, 0.2) is 0 Å². The van der Waals surface area contributed by atoms with E-state index in [-0.39, 0.29) is 5.41 Å². The SMILES string of the molecule is CC1(C)c2ccccc2-c2c(-c3ccccc3N(c3ccc(-c4cc5ccccc5c5ccccc45)cc3)c3ccccc3-c3ccc(-c4ccccc4)cc3)cccc21. The molecule has 11 rings (SSSR count). The smallest absolute Gasteiger partial charge is 0.0540 e. The maximum atomic E-state index is 2.48. The van der Waals surface area contributed by atoms with Crippen molar-refractivity contribution in [3.63, 3.8) is 0 Å². The lowest BCUT2D eigenvalue weighted by molar-refractivity contribution is 0.660. The summed E-state index contributed by atoms with van der Waals surface area (Å²) in [5.74, 6) is 0. The summed E-state index contributed by atoms with van der Waals surface area (Å²) < 4.78 is 0. The van der Waals surface area contributed by atoms with Gasteiger partial charge in [0, 0.05) is 22.2 Å². The summed E-state index contributed by atoms with van der Waals surface area (Å²) in [4.78, 5) is 2.48. The van der Waals surface area contributed by atoms with Gasteiger partial charge in [-0.05, 0) is 108 Å². The van der Waals surface area contributed by atoms with Crippen molar-refractivity contribution < 1.29 is 0 Å². The van der Waals surface area contributed by atoms with E-state index in [0.29, 0.717) is 0 Å². The molecule has 0 aromatic heterocycles. The molecule has 60 heavy (non-hydrogen) atoms. The molecule has 284 valence electrons. The van der Waals surface area contributed by atoms with E-state index in [2.05, 4.69) is 243 Å². The third-order valence-corrected chi connectivity index (χ3v) is 12.7. The van der Waals surface area contributed by atoms with Gasteiger partial charge in [0.05, 0.1) is 11.4 Å². The molecule has 0 spiro atoms. The second kappa shape index (κ2) is 14.4. The number of nitrogens with zero attached hydrogens (tertiary/aromatic N) is 1. The minimum Gasteiger partial charge on any atom is -0.309 e. The van der Waals surface area contributed by atoms with Gasteiger partial charge in [-0.15, -0.1) is 0 Å². The molecule has 10 aromatic rings. The summed E-state index contributed by atoms with van der Waals surface area (Å²) in [5, 5.41) is 5.07. The van der Waals surface area contributed by atoms with Crippen LogP contribution >= 0.6 is 0 Å². The van der Waals surface area contributed by atoms with Gasteiger partial charge in [0.2, 0.25) is 0 Å². The summed E-state index contributed by atoms with van der Waals surface area (Å²) in [5.41, 5.74) is 18.3. The summed E-state index contributed by atoms with van der Waals surface area (Å²) in [7, 11) is 0. The second-order valence-corrected chi connectivity index (χ2v) is 16.4. The topological polar surface area (TPSA) is 3.24 Å². The van der Waals surface area contributed by atoms with Gasteiger partial charge in [0.25, 0.3) is 0 Å². The molecule has 0 bridgehead atoms. The van der Waals surface area contributed by atoms with Gasteiger partial charge in [-0.2, -0.15) is 0 Å². The average Bonchev–Trinajstić information content (AvgIpc) is 3.55. The Kier molecular flexibility index (Phi) is 8.57. The molecule has 0 aliphatic heterocycles. The highest BCUT2D eigenvalue weighted by atomic mass is 15.1. The van der Waals surface area contributed by atoms with Crippen molar-refractivity contribution >= 4 is 38.6 Å². The van der Waals surface area contributed by atoms with Crippen LogP contribution in [0.2, 0.25) is 0 Å². The van der Waals surface area contributed by atoms with Crippen molar-refractivity contribution in [2.45, 2.75) is 19.3 Å². The maximum absolute atomic E-state index is 2.48. The molecular formula is C59H43N. The first-order chi connectivity index (χ1) is 29.5. The van der Waals surface area contributed by atoms with Crippen molar-refractivity contribution in [2.75, 3.05) is 4.90 Å². The van der Waals surface area contributed by atoms with Crippen molar-refractivity contribution in [1.29, 1.82) is 0 Å². The Morgan fingerprint density at radius 2 is 0.817 bits per heavy atom. The van der Waals surface area contributed by atoms with E-state index < -0.39 is 0 Å². The fourth-order valence-corrected chi connectivity index (χ4v) is 9.75. The molecule has 0 atom stereocenters. The number of benzene rings is 10. The fraction of sp³-hybridized carbons (Fsp3) is 0.0508. The number of anilines is 3. The largest absolute Gasteiger partial charge is 0.309 e.